The number of halogens is 1. The Morgan fingerprint density at radius 3 is 2.79 bits per heavy atom. The summed E-state index contributed by atoms with van der Waals surface area (Å²) < 4.78 is 1.17. The van der Waals surface area contributed by atoms with Crippen molar-refractivity contribution in [2.24, 2.45) is 0 Å². The van der Waals surface area contributed by atoms with E-state index in [2.05, 4.69) is 52.4 Å². The molecule has 0 aliphatic heterocycles. The maximum Gasteiger partial charge on any atom is 0.0178 e. The van der Waals surface area contributed by atoms with Gasteiger partial charge >= 0.3 is 0 Å². The van der Waals surface area contributed by atoms with Crippen LogP contribution in [0.15, 0.2) is 28.7 Å². The lowest BCUT2D eigenvalue weighted by Gasteiger charge is -2.16. The average molecular weight is 256 g/mol. The van der Waals surface area contributed by atoms with E-state index in [4.69, 9.17) is 0 Å². The predicted molar refractivity (Wildman–Crippen MR) is 65.7 cm³/mol. The number of benzene rings is 1. The van der Waals surface area contributed by atoms with Crippen LogP contribution >= 0.6 is 15.9 Å². The first-order chi connectivity index (χ1) is 6.77. The summed E-state index contributed by atoms with van der Waals surface area (Å²) in [7, 11) is 2.01. The van der Waals surface area contributed by atoms with E-state index in [1.54, 1.807) is 0 Å². The van der Waals surface area contributed by atoms with Gasteiger partial charge in [0.15, 0.2) is 0 Å². The van der Waals surface area contributed by atoms with E-state index in [-0.39, 0.29) is 0 Å². The molecule has 2 heteroatoms. The first-order valence-corrected chi connectivity index (χ1v) is 5.97. The molecule has 0 bridgehead atoms. The third-order valence-electron chi connectivity index (χ3n) is 2.41. The summed E-state index contributed by atoms with van der Waals surface area (Å²) in [6, 6.07) is 8.61. The van der Waals surface area contributed by atoms with Crippen molar-refractivity contribution < 1.29 is 0 Å². The van der Waals surface area contributed by atoms with Gasteiger partial charge in [0.1, 0.15) is 0 Å². The number of hydrogen-bond acceptors (Lipinski definition) is 1. The monoisotopic (exact) mass is 255 g/mol. The zero-order valence-corrected chi connectivity index (χ0v) is 10.5. The molecule has 1 nitrogen and oxygen atoms in total. The van der Waals surface area contributed by atoms with Crippen LogP contribution in [-0.2, 0) is 0 Å². The van der Waals surface area contributed by atoms with Gasteiger partial charge in [-0.2, -0.15) is 0 Å². The third kappa shape index (κ3) is 3.43. The predicted octanol–water partition coefficient (Wildman–Crippen LogP) is 3.55. The van der Waals surface area contributed by atoms with E-state index >= 15 is 0 Å². The van der Waals surface area contributed by atoms with Gasteiger partial charge < -0.3 is 5.32 Å². The van der Waals surface area contributed by atoms with Gasteiger partial charge in [0, 0.05) is 11.0 Å². The molecule has 14 heavy (non-hydrogen) atoms. The average Bonchev–Trinajstić information content (AvgIpc) is 2.17. The minimum absolute atomic E-state index is 0.641. The van der Waals surface area contributed by atoms with E-state index in [0.29, 0.717) is 5.92 Å². The summed E-state index contributed by atoms with van der Waals surface area (Å²) >= 11 is 3.51. The molecule has 1 aromatic rings. The molecule has 0 aliphatic carbocycles. The van der Waals surface area contributed by atoms with Gasteiger partial charge in [-0.25, -0.2) is 0 Å². The van der Waals surface area contributed by atoms with Crippen molar-refractivity contribution in [1.29, 1.82) is 0 Å². The second-order valence-electron chi connectivity index (χ2n) is 3.60. The van der Waals surface area contributed by atoms with Gasteiger partial charge in [0.25, 0.3) is 0 Å². The maximum atomic E-state index is 3.51. The lowest BCUT2D eigenvalue weighted by atomic mass is 9.94. The van der Waals surface area contributed by atoms with Gasteiger partial charge in [-0.05, 0) is 37.1 Å². The van der Waals surface area contributed by atoms with Crippen LogP contribution in [0.3, 0.4) is 0 Å². The van der Waals surface area contributed by atoms with Crippen molar-refractivity contribution in [3.05, 3.63) is 34.3 Å². The molecule has 0 spiro atoms. The molecule has 0 heterocycles. The van der Waals surface area contributed by atoms with Crippen molar-refractivity contribution in [1.82, 2.24) is 5.32 Å². The number of likely N-dealkylation sites (N-methyl/N-ethyl adjacent to an activating group) is 1. The summed E-state index contributed by atoms with van der Waals surface area (Å²) in [5, 5.41) is 3.26. The SMILES string of the molecule is CCCC(CNC)c1cccc(Br)c1. The number of nitrogens with one attached hydrogen (secondary N) is 1. The molecule has 0 aliphatic rings. The lowest BCUT2D eigenvalue weighted by molar-refractivity contribution is 0.576. The van der Waals surface area contributed by atoms with Crippen LogP contribution in [0.5, 0.6) is 0 Å². The Morgan fingerprint density at radius 2 is 2.21 bits per heavy atom. The highest BCUT2D eigenvalue weighted by atomic mass is 79.9. The summed E-state index contributed by atoms with van der Waals surface area (Å²) in [5.41, 5.74) is 1.43. The molecule has 1 unspecified atom stereocenters. The molecule has 1 atom stereocenters. The molecule has 1 N–H and O–H groups in total. The Morgan fingerprint density at radius 1 is 1.43 bits per heavy atom. The molecule has 0 saturated heterocycles. The van der Waals surface area contributed by atoms with Crippen molar-refractivity contribution in [3.8, 4) is 0 Å². The zero-order chi connectivity index (χ0) is 10.4. The molecular weight excluding hydrogens is 238 g/mol. The molecule has 1 aromatic carbocycles. The first kappa shape index (κ1) is 11.7. The van der Waals surface area contributed by atoms with Crippen LogP contribution < -0.4 is 5.32 Å². The van der Waals surface area contributed by atoms with Crippen LogP contribution in [0.4, 0.5) is 0 Å². The molecule has 0 fully saturated rings. The van der Waals surface area contributed by atoms with Crippen LogP contribution in [0.1, 0.15) is 31.2 Å². The van der Waals surface area contributed by atoms with Gasteiger partial charge in [-0.15, -0.1) is 0 Å². The molecule has 0 radical (unpaired) electrons. The van der Waals surface area contributed by atoms with E-state index in [1.165, 1.54) is 22.9 Å². The minimum atomic E-state index is 0.641. The molecular formula is C12H18BrN. The van der Waals surface area contributed by atoms with Crippen molar-refractivity contribution >= 4 is 15.9 Å². The Bertz CT molecular complexity index is 267. The Kier molecular flexibility index (Phi) is 5.20. The van der Waals surface area contributed by atoms with Crippen molar-refractivity contribution in [2.45, 2.75) is 25.7 Å². The van der Waals surface area contributed by atoms with Crippen LogP contribution in [0.25, 0.3) is 0 Å². The summed E-state index contributed by atoms with van der Waals surface area (Å²) in [6.45, 7) is 3.30. The fourth-order valence-corrected chi connectivity index (χ4v) is 2.16. The number of rotatable bonds is 5. The van der Waals surface area contributed by atoms with Crippen LogP contribution in [-0.4, -0.2) is 13.6 Å². The zero-order valence-electron chi connectivity index (χ0n) is 8.89. The van der Waals surface area contributed by atoms with E-state index in [1.807, 2.05) is 7.05 Å². The fourth-order valence-electron chi connectivity index (χ4n) is 1.74. The van der Waals surface area contributed by atoms with Crippen LogP contribution in [0.2, 0.25) is 0 Å². The second-order valence-corrected chi connectivity index (χ2v) is 4.51. The van der Waals surface area contributed by atoms with Gasteiger partial charge in [0.2, 0.25) is 0 Å². The summed E-state index contributed by atoms with van der Waals surface area (Å²) in [5.74, 6) is 0.641. The highest BCUT2D eigenvalue weighted by molar-refractivity contribution is 9.10. The quantitative estimate of drug-likeness (QED) is 0.849. The fraction of sp³-hybridized carbons (Fsp3) is 0.500. The Balaban J connectivity index is 2.75. The summed E-state index contributed by atoms with van der Waals surface area (Å²) in [6.07, 6.45) is 2.48. The molecule has 78 valence electrons. The topological polar surface area (TPSA) is 12.0 Å². The minimum Gasteiger partial charge on any atom is -0.319 e. The van der Waals surface area contributed by atoms with Crippen LogP contribution in [0, 0.1) is 0 Å². The molecule has 0 amide bonds. The number of hydrogen-bond donors (Lipinski definition) is 1. The van der Waals surface area contributed by atoms with E-state index in [0.717, 1.165) is 6.54 Å². The Labute approximate surface area is 95.0 Å². The van der Waals surface area contributed by atoms with E-state index < -0.39 is 0 Å². The van der Waals surface area contributed by atoms with Gasteiger partial charge in [-0.1, -0.05) is 41.4 Å². The first-order valence-electron chi connectivity index (χ1n) is 5.18. The highest BCUT2D eigenvalue weighted by Gasteiger charge is 2.09. The smallest absolute Gasteiger partial charge is 0.0178 e. The Hall–Kier alpha value is -0.340. The maximum absolute atomic E-state index is 3.51. The molecule has 0 aromatic heterocycles. The normalized spacial score (nSPS) is 12.8. The van der Waals surface area contributed by atoms with Gasteiger partial charge in [0.05, 0.1) is 0 Å². The molecule has 0 saturated carbocycles. The van der Waals surface area contributed by atoms with E-state index in [9.17, 15) is 0 Å². The molecule has 1 rings (SSSR count). The standard InChI is InChI=1S/C12H18BrN/c1-3-5-11(9-14-2)10-6-4-7-12(13)8-10/h4,6-8,11,14H,3,5,9H2,1-2H3. The highest BCUT2D eigenvalue weighted by Crippen LogP contribution is 2.23. The summed E-state index contributed by atoms with van der Waals surface area (Å²) in [4.78, 5) is 0. The lowest BCUT2D eigenvalue weighted by Crippen LogP contribution is -2.17. The second kappa shape index (κ2) is 6.20. The third-order valence-corrected chi connectivity index (χ3v) is 2.90. The largest absolute Gasteiger partial charge is 0.319 e. The van der Waals surface area contributed by atoms with Crippen molar-refractivity contribution in [2.75, 3.05) is 13.6 Å². The van der Waals surface area contributed by atoms with Crippen molar-refractivity contribution in [3.63, 3.8) is 0 Å². The van der Waals surface area contributed by atoms with Gasteiger partial charge in [-0.3, -0.25) is 0 Å².